The molecule has 3 aromatic heterocycles. The van der Waals surface area contributed by atoms with Gasteiger partial charge in [-0.05, 0) is 31.2 Å². The van der Waals surface area contributed by atoms with Crippen molar-refractivity contribution in [3.63, 3.8) is 0 Å². The van der Waals surface area contributed by atoms with E-state index in [-0.39, 0.29) is 24.6 Å². The lowest BCUT2D eigenvalue weighted by atomic mass is 10.3. The molecule has 158 valence electrons. The largest absolute Gasteiger partial charge is 0.495 e. The predicted octanol–water partition coefficient (Wildman–Crippen LogP) is 3.65. The quantitative estimate of drug-likeness (QED) is 0.445. The summed E-state index contributed by atoms with van der Waals surface area (Å²) in [5.74, 6) is -0.140. The minimum absolute atomic E-state index is 0.0102. The van der Waals surface area contributed by atoms with E-state index >= 15 is 0 Å². The number of nitrogens with one attached hydrogen (secondary N) is 1. The molecule has 3 heterocycles. The smallest absolute Gasteiger partial charge is 0.358 e. The van der Waals surface area contributed by atoms with Gasteiger partial charge in [0, 0.05) is 17.3 Å². The van der Waals surface area contributed by atoms with Crippen LogP contribution in [-0.4, -0.2) is 33.4 Å². The molecular weight excluding hydrogens is 416 g/mol. The van der Waals surface area contributed by atoms with E-state index in [0.29, 0.717) is 27.8 Å². The number of nitrogens with zero attached hydrogens (tertiary/aromatic N) is 3. The number of hydrogen-bond acceptors (Lipinski definition) is 7. The van der Waals surface area contributed by atoms with E-state index in [1.54, 1.807) is 30.8 Å². The van der Waals surface area contributed by atoms with E-state index in [1.807, 2.05) is 41.7 Å². The summed E-state index contributed by atoms with van der Waals surface area (Å²) in [7, 11) is 1.55. The lowest BCUT2D eigenvalue weighted by molar-refractivity contribution is -0.115. The third kappa shape index (κ3) is 4.72. The third-order valence-electron chi connectivity index (χ3n) is 4.55. The number of imidazole rings is 1. The Labute approximate surface area is 182 Å². The van der Waals surface area contributed by atoms with Crippen LogP contribution in [0.15, 0.2) is 54.0 Å². The van der Waals surface area contributed by atoms with E-state index in [1.165, 1.54) is 11.3 Å². The topological polar surface area (TPSA) is 94.8 Å². The highest BCUT2D eigenvalue weighted by molar-refractivity contribution is 7.09. The first-order chi connectivity index (χ1) is 15.0. The second-order valence-corrected chi connectivity index (χ2v) is 7.70. The Bertz CT molecular complexity index is 1250. The number of thiazole rings is 1. The van der Waals surface area contributed by atoms with Crippen molar-refractivity contribution in [3.8, 4) is 5.75 Å². The molecule has 1 aromatic carbocycles. The summed E-state index contributed by atoms with van der Waals surface area (Å²) in [6.45, 7) is 1.95. The Hall–Kier alpha value is -3.72. The fourth-order valence-electron chi connectivity index (χ4n) is 3.04. The number of para-hydroxylation sites is 2. The van der Waals surface area contributed by atoms with Crippen molar-refractivity contribution in [1.82, 2.24) is 14.4 Å². The minimum atomic E-state index is -0.522. The van der Waals surface area contributed by atoms with Gasteiger partial charge in [-0.2, -0.15) is 0 Å². The number of aryl methyl sites for hydroxylation is 1. The van der Waals surface area contributed by atoms with Gasteiger partial charge >= 0.3 is 5.97 Å². The molecule has 0 aliphatic rings. The van der Waals surface area contributed by atoms with Gasteiger partial charge < -0.3 is 19.2 Å². The molecule has 0 aliphatic heterocycles. The number of pyridine rings is 1. The van der Waals surface area contributed by atoms with Crippen LogP contribution in [-0.2, 0) is 22.6 Å². The molecule has 31 heavy (non-hydrogen) atoms. The van der Waals surface area contributed by atoms with Crippen LogP contribution in [0.5, 0.6) is 5.75 Å². The molecule has 1 N–H and O–H groups in total. The minimum Gasteiger partial charge on any atom is -0.495 e. The zero-order valence-electron chi connectivity index (χ0n) is 17.0. The third-order valence-corrected chi connectivity index (χ3v) is 5.45. The maximum Gasteiger partial charge on any atom is 0.358 e. The molecule has 4 aromatic rings. The molecule has 0 fully saturated rings. The van der Waals surface area contributed by atoms with Crippen molar-refractivity contribution >= 4 is 34.5 Å². The molecule has 0 spiro atoms. The summed E-state index contributed by atoms with van der Waals surface area (Å²) in [4.78, 5) is 33.3. The molecular formula is C22H20N4O4S. The number of fused-ring (bicyclic) bond motifs is 1. The second kappa shape index (κ2) is 8.97. The predicted molar refractivity (Wildman–Crippen MR) is 116 cm³/mol. The first-order valence-corrected chi connectivity index (χ1v) is 10.4. The number of amides is 1. The van der Waals surface area contributed by atoms with E-state index < -0.39 is 5.97 Å². The van der Waals surface area contributed by atoms with Gasteiger partial charge in [-0.25, -0.2) is 14.8 Å². The van der Waals surface area contributed by atoms with Crippen LogP contribution in [0.25, 0.3) is 5.65 Å². The molecule has 4 rings (SSSR count). The SMILES string of the molecule is COc1ccccc1NC(=O)Cc1nc(COC(=O)c2cn3c(C)cccc3n2)cs1. The number of ether oxygens (including phenoxy) is 2. The second-order valence-electron chi connectivity index (χ2n) is 6.76. The number of aromatic nitrogens is 3. The number of benzene rings is 1. The zero-order chi connectivity index (χ0) is 21.8. The molecule has 0 aliphatic carbocycles. The van der Waals surface area contributed by atoms with Gasteiger partial charge in [0.1, 0.15) is 23.0 Å². The van der Waals surface area contributed by atoms with Crippen LogP contribution in [0.3, 0.4) is 0 Å². The molecule has 0 saturated carbocycles. The summed E-state index contributed by atoms with van der Waals surface area (Å²) < 4.78 is 12.4. The number of carbonyl (C=O) groups is 2. The van der Waals surface area contributed by atoms with Crippen molar-refractivity contribution in [3.05, 3.63) is 76.1 Å². The van der Waals surface area contributed by atoms with Crippen molar-refractivity contribution in [1.29, 1.82) is 0 Å². The Morgan fingerprint density at radius 2 is 1.97 bits per heavy atom. The Morgan fingerprint density at radius 3 is 2.77 bits per heavy atom. The average Bonchev–Trinajstić information content (AvgIpc) is 3.40. The summed E-state index contributed by atoms with van der Waals surface area (Å²) in [6, 6.07) is 12.8. The Balaban J connectivity index is 1.33. The normalized spacial score (nSPS) is 10.8. The molecule has 0 bridgehead atoms. The number of rotatable bonds is 7. The summed E-state index contributed by atoms with van der Waals surface area (Å²) >= 11 is 1.34. The van der Waals surface area contributed by atoms with Gasteiger partial charge in [-0.15, -0.1) is 11.3 Å². The van der Waals surface area contributed by atoms with Gasteiger partial charge in [-0.3, -0.25) is 4.79 Å². The van der Waals surface area contributed by atoms with Gasteiger partial charge in [-0.1, -0.05) is 18.2 Å². The molecule has 0 atom stereocenters. The Morgan fingerprint density at radius 1 is 1.13 bits per heavy atom. The molecule has 0 radical (unpaired) electrons. The number of anilines is 1. The molecule has 0 unspecified atom stereocenters. The van der Waals surface area contributed by atoms with Crippen molar-refractivity contribution in [2.24, 2.45) is 0 Å². The van der Waals surface area contributed by atoms with Gasteiger partial charge in [0.15, 0.2) is 5.69 Å². The van der Waals surface area contributed by atoms with Crippen molar-refractivity contribution in [2.45, 2.75) is 20.0 Å². The number of esters is 1. The van der Waals surface area contributed by atoms with Gasteiger partial charge in [0.05, 0.1) is 24.9 Å². The maximum absolute atomic E-state index is 12.3. The Kier molecular flexibility index (Phi) is 5.94. The van der Waals surface area contributed by atoms with E-state index in [2.05, 4.69) is 15.3 Å². The molecule has 0 saturated heterocycles. The zero-order valence-corrected chi connectivity index (χ0v) is 17.8. The van der Waals surface area contributed by atoms with Crippen LogP contribution < -0.4 is 10.1 Å². The lowest BCUT2D eigenvalue weighted by Gasteiger charge is -2.08. The molecule has 1 amide bonds. The summed E-state index contributed by atoms with van der Waals surface area (Å²) in [5, 5.41) is 5.21. The first-order valence-electron chi connectivity index (χ1n) is 9.51. The van der Waals surface area contributed by atoms with E-state index in [4.69, 9.17) is 9.47 Å². The summed E-state index contributed by atoms with van der Waals surface area (Å²) in [6.07, 6.45) is 1.77. The fraction of sp³-hybridized carbons (Fsp3) is 0.182. The van der Waals surface area contributed by atoms with Crippen LogP contribution in [0.4, 0.5) is 5.69 Å². The van der Waals surface area contributed by atoms with E-state index in [9.17, 15) is 9.59 Å². The molecule has 8 nitrogen and oxygen atoms in total. The first kappa shape index (κ1) is 20.5. The monoisotopic (exact) mass is 436 g/mol. The fourth-order valence-corrected chi connectivity index (χ4v) is 3.81. The number of methoxy groups -OCH3 is 1. The number of hydrogen-bond donors (Lipinski definition) is 1. The van der Waals surface area contributed by atoms with Crippen molar-refractivity contribution < 1.29 is 19.1 Å². The standard InChI is InChI=1S/C22H20N4O4S/c1-14-6-5-9-19-24-17(11-26(14)19)22(28)30-12-15-13-31-21(23-15)10-20(27)25-16-7-3-4-8-18(16)29-2/h3-9,11,13H,10,12H2,1-2H3,(H,25,27). The highest BCUT2D eigenvalue weighted by Crippen LogP contribution is 2.23. The van der Waals surface area contributed by atoms with E-state index in [0.717, 1.165) is 5.69 Å². The van der Waals surface area contributed by atoms with Crippen LogP contribution in [0.2, 0.25) is 0 Å². The van der Waals surface area contributed by atoms with Crippen LogP contribution in [0.1, 0.15) is 26.9 Å². The van der Waals surface area contributed by atoms with Gasteiger partial charge in [0.25, 0.3) is 0 Å². The summed E-state index contributed by atoms with van der Waals surface area (Å²) in [5.41, 5.74) is 3.08. The van der Waals surface area contributed by atoms with Crippen LogP contribution >= 0.6 is 11.3 Å². The highest BCUT2D eigenvalue weighted by atomic mass is 32.1. The number of carbonyl (C=O) groups excluding carboxylic acids is 2. The average molecular weight is 436 g/mol. The lowest BCUT2D eigenvalue weighted by Crippen LogP contribution is -2.15. The van der Waals surface area contributed by atoms with Crippen LogP contribution in [0, 0.1) is 6.92 Å². The van der Waals surface area contributed by atoms with Crippen molar-refractivity contribution in [2.75, 3.05) is 12.4 Å². The van der Waals surface area contributed by atoms with Gasteiger partial charge in [0.2, 0.25) is 5.91 Å². The maximum atomic E-state index is 12.3. The highest BCUT2D eigenvalue weighted by Gasteiger charge is 2.15. The molecule has 9 heteroatoms.